The summed E-state index contributed by atoms with van der Waals surface area (Å²) in [6, 6.07) is 14.1. The highest BCUT2D eigenvalue weighted by molar-refractivity contribution is 7.93. The summed E-state index contributed by atoms with van der Waals surface area (Å²) in [7, 11) is -8.38. The quantitative estimate of drug-likeness (QED) is 0.335. The van der Waals surface area contributed by atoms with Crippen LogP contribution in [0.2, 0.25) is 0 Å². The molecule has 30 heavy (non-hydrogen) atoms. The van der Waals surface area contributed by atoms with Crippen molar-refractivity contribution in [1.82, 2.24) is 0 Å². The molecule has 0 unspecified atom stereocenters. The molecular formula is C19H16N2O7S2. The highest BCUT2D eigenvalue weighted by atomic mass is 32.2. The molecular weight excluding hydrogens is 432 g/mol. The predicted octanol–water partition coefficient (Wildman–Crippen LogP) is 3.24. The minimum atomic E-state index is -4.26. The molecule has 0 spiro atoms. The molecule has 0 aliphatic heterocycles. The van der Waals surface area contributed by atoms with Gasteiger partial charge in [0.05, 0.1) is 20.4 Å². The molecule has 2 N–H and O–H groups in total. The van der Waals surface area contributed by atoms with E-state index in [-0.39, 0.29) is 21.0 Å². The molecule has 0 atom stereocenters. The number of hydrogen-bond donors (Lipinski definition) is 2. The Morgan fingerprint density at radius 3 is 2.17 bits per heavy atom. The molecule has 9 nitrogen and oxygen atoms in total. The van der Waals surface area contributed by atoms with Gasteiger partial charge in [0.2, 0.25) is 9.84 Å². The fraction of sp³-hybridized carbons (Fsp3) is 0.0526. The summed E-state index contributed by atoms with van der Waals surface area (Å²) in [5.41, 5.74) is -0.401. The number of nitrogens with one attached hydrogen (secondary N) is 1. The number of benzene rings is 3. The van der Waals surface area contributed by atoms with Gasteiger partial charge in [0.1, 0.15) is 10.6 Å². The summed E-state index contributed by atoms with van der Waals surface area (Å²) in [5.74, 6) is -0.503. The van der Waals surface area contributed by atoms with E-state index in [0.29, 0.717) is 0 Å². The second kappa shape index (κ2) is 7.76. The van der Waals surface area contributed by atoms with Crippen molar-refractivity contribution in [1.29, 1.82) is 0 Å². The number of rotatable bonds is 6. The van der Waals surface area contributed by atoms with Gasteiger partial charge in [-0.1, -0.05) is 24.3 Å². The van der Waals surface area contributed by atoms with Crippen molar-refractivity contribution in [3.8, 4) is 5.75 Å². The molecule has 0 amide bonds. The van der Waals surface area contributed by atoms with Gasteiger partial charge in [-0.05, 0) is 42.8 Å². The summed E-state index contributed by atoms with van der Waals surface area (Å²) in [4.78, 5) is 9.27. The SMILES string of the molecule is Cc1cc(NS(=O)(=O)c2cccc([N+](=O)[O-])c2)cc(S(=O)(=O)c2ccccc2)c1O. The third kappa shape index (κ3) is 4.11. The van der Waals surface area contributed by atoms with Crippen LogP contribution in [0.15, 0.2) is 81.4 Å². The fourth-order valence-electron chi connectivity index (χ4n) is 2.72. The average molecular weight is 448 g/mol. The zero-order chi connectivity index (χ0) is 22.1. The Morgan fingerprint density at radius 1 is 0.900 bits per heavy atom. The van der Waals surface area contributed by atoms with E-state index < -0.39 is 41.1 Å². The molecule has 3 aromatic rings. The van der Waals surface area contributed by atoms with Crippen molar-refractivity contribution in [2.24, 2.45) is 0 Å². The highest BCUT2D eigenvalue weighted by Gasteiger charge is 2.25. The predicted molar refractivity (Wildman–Crippen MR) is 109 cm³/mol. The molecule has 11 heteroatoms. The second-order valence-corrected chi connectivity index (χ2v) is 9.92. The highest BCUT2D eigenvalue weighted by Crippen LogP contribution is 2.35. The summed E-state index contributed by atoms with van der Waals surface area (Å²) in [6.45, 7) is 1.42. The minimum Gasteiger partial charge on any atom is -0.506 e. The first-order chi connectivity index (χ1) is 14.0. The van der Waals surface area contributed by atoms with Crippen LogP contribution in [0.4, 0.5) is 11.4 Å². The Morgan fingerprint density at radius 2 is 1.53 bits per heavy atom. The summed E-state index contributed by atoms with van der Waals surface area (Å²) in [5, 5.41) is 21.2. The van der Waals surface area contributed by atoms with Gasteiger partial charge in [-0.2, -0.15) is 0 Å². The lowest BCUT2D eigenvalue weighted by atomic mass is 10.2. The maximum Gasteiger partial charge on any atom is 0.270 e. The molecule has 3 aromatic carbocycles. The number of nitro benzene ring substituents is 1. The zero-order valence-electron chi connectivity index (χ0n) is 15.5. The number of nitrogens with zero attached hydrogens (tertiary/aromatic N) is 1. The monoisotopic (exact) mass is 448 g/mol. The lowest BCUT2D eigenvalue weighted by Gasteiger charge is -2.13. The lowest BCUT2D eigenvalue weighted by Crippen LogP contribution is -2.14. The number of aromatic hydroxyl groups is 1. The maximum absolute atomic E-state index is 12.9. The lowest BCUT2D eigenvalue weighted by molar-refractivity contribution is -0.385. The Kier molecular flexibility index (Phi) is 5.51. The molecule has 0 fully saturated rings. The van der Waals surface area contributed by atoms with Crippen LogP contribution in [-0.4, -0.2) is 26.9 Å². The molecule has 0 aromatic heterocycles. The Labute approximate surface area is 172 Å². The van der Waals surface area contributed by atoms with E-state index in [4.69, 9.17) is 0 Å². The first-order valence-electron chi connectivity index (χ1n) is 8.43. The largest absolute Gasteiger partial charge is 0.506 e. The van der Waals surface area contributed by atoms with Crippen LogP contribution in [0.1, 0.15) is 5.56 Å². The van der Waals surface area contributed by atoms with Crippen LogP contribution >= 0.6 is 0 Å². The van der Waals surface area contributed by atoms with Crippen LogP contribution in [0, 0.1) is 17.0 Å². The van der Waals surface area contributed by atoms with Crippen LogP contribution in [0.5, 0.6) is 5.75 Å². The number of non-ortho nitro benzene ring substituents is 1. The summed E-state index contributed by atoms with van der Waals surface area (Å²) >= 11 is 0. The van der Waals surface area contributed by atoms with Gasteiger partial charge in [0.25, 0.3) is 15.7 Å². The molecule has 0 saturated heterocycles. The van der Waals surface area contributed by atoms with E-state index in [9.17, 15) is 32.1 Å². The number of aryl methyl sites for hydroxylation is 1. The van der Waals surface area contributed by atoms with E-state index in [1.807, 2.05) is 0 Å². The Bertz CT molecular complexity index is 1340. The number of sulfonamides is 1. The molecule has 0 aliphatic rings. The van der Waals surface area contributed by atoms with Crippen molar-refractivity contribution >= 4 is 31.2 Å². The smallest absolute Gasteiger partial charge is 0.270 e. The minimum absolute atomic E-state index is 0.0709. The first-order valence-corrected chi connectivity index (χ1v) is 11.4. The summed E-state index contributed by atoms with van der Waals surface area (Å²) in [6.07, 6.45) is 0. The zero-order valence-corrected chi connectivity index (χ0v) is 17.1. The molecule has 0 heterocycles. The van der Waals surface area contributed by atoms with Gasteiger partial charge in [-0.15, -0.1) is 0 Å². The molecule has 3 rings (SSSR count). The van der Waals surface area contributed by atoms with Crippen molar-refractivity contribution in [2.75, 3.05) is 4.72 Å². The fourth-order valence-corrected chi connectivity index (χ4v) is 5.26. The van der Waals surface area contributed by atoms with Crippen LogP contribution in [0.3, 0.4) is 0 Å². The van der Waals surface area contributed by atoms with Gasteiger partial charge in [-0.3, -0.25) is 14.8 Å². The number of sulfone groups is 1. The normalized spacial score (nSPS) is 11.8. The summed E-state index contributed by atoms with van der Waals surface area (Å²) < 4.78 is 53.3. The third-order valence-corrected chi connectivity index (χ3v) is 7.36. The average Bonchev–Trinajstić information content (AvgIpc) is 2.71. The van der Waals surface area contributed by atoms with Gasteiger partial charge in [0.15, 0.2) is 0 Å². The number of anilines is 1. The van der Waals surface area contributed by atoms with Crippen molar-refractivity contribution in [3.05, 3.63) is 82.4 Å². The first kappa shape index (κ1) is 21.3. The molecule has 0 bridgehead atoms. The van der Waals surface area contributed by atoms with Gasteiger partial charge in [0, 0.05) is 12.1 Å². The Hall–Kier alpha value is -3.44. The second-order valence-electron chi connectivity index (χ2n) is 6.32. The number of phenolic OH excluding ortho intramolecular Hbond substituents is 1. The standard InChI is InChI=1S/C19H16N2O7S2/c1-13-10-14(20-30(27,28)17-9-5-6-15(12-17)21(23)24)11-18(19(13)22)29(25,26)16-7-3-2-4-8-16/h2-12,20,22H,1H3. The number of phenols is 1. The maximum atomic E-state index is 12.9. The molecule has 156 valence electrons. The van der Waals surface area contributed by atoms with Crippen LogP contribution in [0.25, 0.3) is 0 Å². The topological polar surface area (TPSA) is 144 Å². The van der Waals surface area contributed by atoms with Gasteiger partial charge >= 0.3 is 0 Å². The van der Waals surface area contributed by atoms with E-state index in [1.54, 1.807) is 6.07 Å². The third-order valence-electron chi connectivity index (χ3n) is 4.20. The Balaban J connectivity index is 2.06. The molecule has 0 aliphatic carbocycles. The number of hydrogen-bond acceptors (Lipinski definition) is 7. The van der Waals surface area contributed by atoms with Crippen LogP contribution in [-0.2, 0) is 19.9 Å². The van der Waals surface area contributed by atoms with E-state index >= 15 is 0 Å². The van der Waals surface area contributed by atoms with Crippen LogP contribution < -0.4 is 4.72 Å². The van der Waals surface area contributed by atoms with Crippen molar-refractivity contribution in [2.45, 2.75) is 21.6 Å². The van der Waals surface area contributed by atoms with Crippen molar-refractivity contribution in [3.63, 3.8) is 0 Å². The van der Waals surface area contributed by atoms with E-state index in [0.717, 1.165) is 18.2 Å². The van der Waals surface area contributed by atoms with Crippen molar-refractivity contribution < 1.29 is 26.9 Å². The molecule has 0 radical (unpaired) electrons. The van der Waals surface area contributed by atoms with Gasteiger partial charge in [-0.25, -0.2) is 16.8 Å². The molecule has 0 saturated carbocycles. The van der Waals surface area contributed by atoms with E-state index in [2.05, 4.69) is 4.72 Å². The number of nitro groups is 1. The van der Waals surface area contributed by atoms with Gasteiger partial charge < -0.3 is 5.11 Å². The van der Waals surface area contributed by atoms with E-state index in [1.165, 1.54) is 49.4 Å².